The summed E-state index contributed by atoms with van der Waals surface area (Å²) in [6, 6.07) is 0.181. The molecule has 1 spiro atoms. The molecule has 0 aliphatic carbocycles. The molecule has 0 radical (unpaired) electrons. The van der Waals surface area contributed by atoms with Crippen molar-refractivity contribution in [2.24, 2.45) is 5.73 Å². The van der Waals surface area contributed by atoms with Crippen LogP contribution < -0.4 is 16.0 Å². The molecule has 26 heavy (non-hydrogen) atoms. The highest BCUT2D eigenvalue weighted by Gasteiger charge is 2.38. The number of nitrogens with one attached hydrogen (secondary N) is 1. The first-order chi connectivity index (χ1) is 12.5. The van der Waals surface area contributed by atoms with Crippen LogP contribution >= 0.6 is 0 Å². The number of hydrogen-bond acceptors (Lipinski definition) is 6. The monoisotopic (exact) mass is 358 g/mol. The molecule has 0 saturated carbocycles. The summed E-state index contributed by atoms with van der Waals surface area (Å²) in [5.41, 5.74) is 8.24. The van der Waals surface area contributed by atoms with Gasteiger partial charge in [-0.05, 0) is 52.5 Å². The average Bonchev–Trinajstić information content (AvgIpc) is 3.27. The Morgan fingerprint density at radius 3 is 2.58 bits per heavy atom. The molecule has 3 saturated heterocycles. The maximum Gasteiger partial charge on any atom is 0.291 e. The molecule has 4 heterocycles. The first kappa shape index (κ1) is 17.7. The van der Waals surface area contributed by atoms with E-state index in [1.807, 2.05) is 18.7 Å². The highest BCUT2D eigenvalue weighted by molar-refractivity contribution is 5.91. The van der Waals surface area contributed by atoms with E-state index in [1.54, 1.807) is 0 Å². The van der Waals surface area contributed by atoms with Crippen molar-refractivity contribution in [3.8, 4) is 0 Å². The van der Waals surface area contributed by atoms with Crippen LogP contribution in [0.1, 0.15) is 54.0 Å². The molecule has 0 bridgehead atoms. The van der Waals surface area contributed by atoms with Gasteiger partial charge in [-0.25, -0.2) is 9.97 Å². The van der Waals surface area contributed by atoms with Crippen LogP contribution in [0.15, 0.2) is 0 Å². The van der Waals surface area contributed by atoms with Gasteiger partial charge >= 0.3 is 0 Å². The van der Waals surface area contributed by atoms with Gasteiger partial charge in [0.25, 0.3) is 5.91 Å². The minimum atomic E-state index is -0.0364. The number of nitrogens with zero attached hydrogens (tertiary/aromatic N) is 4. The van der Waals surface area contributed by atoms with E-state index < -0.39 is 0 Å². The average molecular weight is 358 g/mol. The van der Waals surface area contributed by atoms with Crippen molar-refractivity contribution in [1.82, 2.24) is 20.2 Å². The lowest BCUT2D eigenvalue weighted by Crippen LogP contribution is -2.51. The number of anilines is 1. The molecule has 0 aromatic carbocycles. The molecule has 0 unspecified atom stereocenters. The lowest BCUT2D eigenvalue weighted by Gasteiger charge is -2.39. The van der Waals surface area contributed by atoms with Crippen molar-refractivity contribution in [2.75, 3.05) is 37.6 Å². The number of rotatable bonds is 2. The first-order valence-corrected chi connectivity index (χ1v) is 9.87. The Morgan fingerprint density at radius 1 is 1.19 bits per heavy atom. The summed E-state index contributed by atoms with van der Waals surface area (Å²) in [5.74, 6) is 1.17. The molecule has 1 aromatic rings. The minimum absolute atomic E-state index is 0.0364. The Morgan fingerprint density at radius 2 is 1.96 bits per heavy atom. The van der Waals surface area contributed by atoms with Crippen LogP contribution in [0.2, 0.25) is 0 Å². The van der Waals surface area contributed by atoms with E-state index in [-0.39, 0.29) is 17.5 Å². The van der Waals surface area contributed by atoms with E-state index in [2.05, 4.69) is 20.2 Å². The number of hydrogen-bond donors (Lipinski definition) is 2. The molecule has 3 N–H and O–H groups in total. The largest absolute Gasteiger partial charge is 0.355 e. The molecular weight excluding hydrogens is 328 g/mol. The zero-order valence-corrected chi connectivity index (χ0v) is 15.9. The third-order valence-corrected chi connectivity index (χ3v) is 6.42. The maximum absolute atomic E-state index is 13.0. The van der Waals surface area contributed by atoms with E-state index >= 15 is 0 Å². The van der Waals surface area contributed by atoms with Gasteiger partial charge in [-0.3, -0.25) is 4.79 Å². The Hall–Kier alpha value is -1.73. The third kappa shape index (κ3) is 3.18. The van der Waals surface area contributed by atoms with E-state index in [4.69, 9.17) is 5.73 Å². The van der Waals surface area contributed by atoms with Crippen LogP contribution in [0.5, 0.6) is 0 Å². The zero-order chi connectivity index (χ0) is 18.3. The molecule has 7 heteroatoms. The predicted octanol–water partition coefficient (Wildman–Crippen LogP) is 0.989. The van der Waals surface area contributed by atoms with Gasteiger partial charge in [0.2, 0.25) is 5.82 Å². The summed E-state index contributed by atoms with van der Waals surface area (Å²) in [7, 11) is 0. The van der Waals surface area contributed by atoms with Crippen molar-refractivity contribution >= 4 is 11.7 Å². The third-order valence-electron chi connectivity index (χ3n) is 6.42. The van der Waals surface area contributed by atoms with Gasteiger partial charge in [0.05, 0.1) is 0 Å². The van der Waals surface area contributed by atoms with Gasteiger partial charge in [-0.1, -0.05) is 0 Å². The molecule has 142 valence electrons. The van der Waals surface area contributed by atoms with Crippen molar-refractivity contribution in [3.05, 3.63) is 17.1 Å². The van der Waals surface area contributed by atoms with E-state index in [0.717, 1.165) is 69.1 Å². The minimum Gasteiger partial charge on any atom is -0.355 e. The second-order valence-electron chi connectivity index (χ2n) is 8.18. The second kappa shape index (κ2) is 6.78. The van der Waals surface area contributed by atoms with Crippen molar-refractivity contribution < 1.29 is 4.79 Å². The van der Waals surface area contributed by atoms with Crippen LogP contribution in [0, 0.1) is 13.8 Å². The van der Waals surface area contributed by atoms with Crippen LogP contribution in [0.4, 0.5) is 5.82 Å². The van der Waals surface area contributed by atoms with E-state index in [1.165, 1.54) is 12.8 Å². The predicted molar refractivity (Wildman–Crippen MR) is 101 cm³/mol. The van der Waals surface area contributed by atoms with E-state index in [9.17, 15) is 4.79 Å². The fourth-order valence-electron chi connectivity index (χ4n) is 4.57. The summed E-state index contributed by atoms with van der Waals surface area (Å²) >= 11 is 0. The molecule has 1 aromatic heterocycles. The number of aryl methyl sites for hydroxylation is 1. The Bertz CT molecular complexity index is 690. The quantitative estimate of drug-likeness (QED) is 0.820. The number of likely N-dealkylation sites (tertiary alicyclic amines) is 1. The number of carbonyl (C=O) groups excluding carboxylic acids is 1. The summed E-state index contributed by atoms with van der Waals surface area (Å²) in [6.07, 6.45) is 5.49. The second-order valence-corrected chi connectivity index (χ2v) is 8.18. The Kier molecular flexibility index (Phi) is 4.61. The highest BCUT2D eigenvalue weighted by Crippen LogP contribution is 2.31. The van der Waals surface area contributed by atoms with Crippen LogP contribution in [0.25, 0.3) is 0 Å². The molecule has 1 amide bonds. The summed E-state index contributed by atoms with van der Waals surface area (Å²) in [4.78, 5) is 26.3. The maximum atomic E-state index is 13.0. The molecule has 3 aliphatic heterocycles. The van der Waals surface area contributed by atoms with Crippen LogP contribution in [-0.2, 0) is 0 Å². The van der Waals surface area contributed by atoms with Gasteiger partial charge < -0.3 is 20.9 Å². The van der Waals surface area contributed by atoms with Crippen molar-refractivity contribution in [1.29, 1.82) is 0 Å². The molecule has 7 nitrogen and oxygen atoms in total. The summed E-state index contributed by atoms with van der Waals surface area (Å²) in [5, 5.41) is 3.65. The number of carbonyl (C=O) groups is 1. The van der Waals surface area contributed by atoms with Gasteiger partial charge in [0.15, 0.2) is 0 Å². The highest BCUT2D eigenvalue weighted by atomic mass is 16.2. The number of piperidine rings is 1. The standard InChI is InChI=1S/C19H30N6O/c1-13-14(2)22-16(23-17(13)25-9-4-15(20)12-25)18(26)24-10-6-19(7-11-24)5-3-8-21-19/h15,21H,3-12,20H2,1-2H3/t15-/m1/s1. The van der Waals surface area contributed by atoms with Gasteiger partial charge in [0, 0.05) is 49.0 Å². The normalized spacial score (nSPS) is 25.3. The van der Waals surface area contributed by atoms with E-state index in [0.29, 0.717) is 5.82 Å². The van der Waals surface area contributed by atoms with Gasteiger partial charge in [-0.15, -0.1) is 0 Å². The fraction of sp³-hybridized carbons (Fsp3) is 0.737. The molecule has 3 fully saturated rings. The van der Waals surface area contributed by atoms with Gasteiger partial charge in [-0.2, -0.15) is 0 Å². The van der Waals surface area contributed by atoms with Crippen LogP contribution in [-0.4, -0.2) is 65.1 Å². The lowest BCUT2D eigenvalue weighted by molar-refractivity contribution is 0.0644. The Balaban J connectivity index is 1.52. The summed E-state index contributed by atoms with van der Waals surface area (Å²) < 4.78 is 0. The number of nitrogens with two attached hydrogens (primary N) is 1. The lowest BCUT2D eigenvalue weighted by atomic mass is 9.86. The number of aromatic nitrogens is 2. The molecular formula is C19H30N6O. The molecule has 4 rings (SSSR count). The molecule has 1 atom stereocenters. The fourth-order valence-corrected chi connectivity index (χ4v) is 4.57. The zero-order valence-electron chi connectivity index (χ0n) is 15.9. The smallest absolute Gasteiger partial charge is 0.291 e. The topological polar surface area (TPSA) is 87.4 Å². The van der Waals surface area contributed by atoms with Crippen molar-refractivity contribution in [3.63, 3.8) is 0 Å². The first-order valence-electron chi connectivity index (χ1n) is 9.87. The van der Waals surface area contributed by atoms with Crippen LogP contribution in [0.3, 0.4) is 0 Å². The molecule has 3 aliphatic rings. The van der Waals surface area contributed by atoms with Crippen molar-refractivity contribution in [2.45, 2.75) is 57.5 Å². The number of amides is 1. The Labute approximate surface area is 155 Å². The SMILES string of the molecule is Cc1nc(C(=O)N2CCC3(CCCN3)CC2)nc(N2CC[C@@H](N)C2)c1C. The summed E-state index contributed by atoms with van der Waals surface area (Å²) in [6.45, 7) is 8.35. The van der Waals surface area contributed by atoms with Gasteiger partial charge in [0.1, 0.15) is 5.82 Å².